The van der Waals surface area contributed by atoms with Crippen LogP contribution in [-0.2, 0) is 5.75 Å². The molecule has 0 saturated carbocycles. The van der Waals surface area contributed by atoms with Crippen LogP contribution in [0.3, 0.4) is 0 Å². The van der Waals surface area contributed by atoms with Gasteiger partial charge >= 0.3 is 0 Å². The van der Waals surface area contributed by atoms with E-state index in [9.17, 15) is 4.91 Å². The van der Waals surface area contributed by atoms with Gasteiger partial charge in [-0.05, 0) is 60.7 Å². The van der Waals surface area contributed by atoms with Crippen molar-refractivity contribution in [3.8, 4) is 5.75 Å². The minimum absolute atomic E-state index is 0.685. The van der Waals surface area contributed by atoms with E-state index < -0.39 is 0 Å². The third-order valence-electron chi connectivity index (χ3n) is 3.59. The highest BCUT2D eigenvalue weighted by Gasteiger charge is 2.10. The summed E-state index contributed by atoms with van der Waals surface area (Å²) in [6, 6.07) is 20.8. The van der Waals surface area contributed by atoms with E-state index in [1.165, 1.54) is 5.01 Å². The molecule has 0 amide bonds. The summed E-state index contributed by atoms with van der Waals surface area (Å²) in [5.74, 6) is 1.53. The Bertz CT molecular complexity index is 808. The summed E-state index contributed by atoms with van der Waals surface area (Å²) in [4.78, 5) is 16.7. The minimum atomic E-state index is 0.685. The average molecular weight is 351 g/mol. The molecular weight excluding hydrogens is 334 g/mol. The SMILES string of the molecule is COc1ccc(N(N=O)c2ccc(SCc3ccccn3)cc2)cc1. The zero-order valence-corrected chi connectivity index (χ0v) is 14.5. The number of pyridine rings is 1. The normalized spacial score (nSPS) is 10.3. The molecule has 0 aliphatic rings. The predicted molar refractivity (Wildman–Crippen MR) is 101 cm³/mol. The van der Waals surface area contributed by atoms with Crippen molar-refractivity contribution < 1.29 is 4.74 Å². The predicted octanol–water partition coefficient (Wildman–Crippen LogP) is 5.20. The molecule has 0 aliphatic heterocycles. The van der Waals surface area contributed by atoms with Crippen molar-refractivity contribution in [2.24, 2.45) is 5.29 Å². The van der Waals surface area contributed by atoms with E-state index >= 15 is 0 Å². The molecule has 0 aliphatic carbocycles. The summed E-state index contributed by atoms with van der Waals surface area (Å²) in [7, 11) is 1.60. The molecule has 0 spiro atoms. The fourth-order valence-corrected chi connectivity index (χ4v) is 3.10. The highest BCUT2D eigenvalue weighted by atomic mass is 32.2. The smallest absolute Gasteiger partial charge is 0.119 e. The van der Waals surface area contributed by atoms with Crippen molar-refractivity contribution in [3.05, 3.63) is 83.5 Å². The van der Waals surface area contributed by atoms with Gasteiger partial charge in [-0.1, -0.05) is 6.07 Å². The fourth-order valence-electron chi connectivity index (χ4n) is 2.29. The molecule has 0 radical (unpaired) electrons. The van der Waals surface area contributed by atoms with Crippen LogP contribution in [0.15, 0.2) is 83.1 Å². The topological polar surface area (TPSA) is 54.8 Å². The summed E-state index contributed by atoms with van der Waals surface area (Å²) < 4.78 is 5.13. The maximum atomic E-state index is 11.3. The number of nitroso groups, excluding NO2 is 1. The van der Waals surface area contributed by atoms with Gasteiger partial charge in [0.05, 0.1) is 29.5 Å². The van der Waals surface area contributed by atoms with E-state index in [2.05, 4.69) is 10.3 Å². The number of anilines is 2. The zero-order valence-electron chi connectivity index (χ0n) is 13.7. The second kappa shape index (κ2) is 8.30. The molecule has 2 aromatic carbocycles. The van der Waals surface area contributed by atoms with E-state index in [4.69, 9.17) is 4.74 Å². The average Bonchev–Trinajstić information content (AvgIpc) is 2.69. The molecule has 0 atom stereocenters. The molecule has 0 saturated heterocycles. The number of hydrogen-bond acceptors (Lipinski definition) is 5. The van der Waals surface area contributed by atoms with E-state index in [0.29, 0.717) is 11.4 Å². The lowest BCUT2D eigenvalue weighted by Gasteiger charge is -2.16. The second-order valence-corrected chi connectivity index (χ2v) is 6.24. The van der Waals surface area contributed by atoms with Crippen LogP contribution < -0.4 is 9.75 Å². The summed E-state index contributed by atoms with van der Waals surface area (Å²) in [6.45, 7) is 0. The molecule has 126 valence electrons. The van der Waals surface area contributed by atoms with Gasteiger partial charge in [0.15, 0.2) is 0 Å². The highest BCUT2D eigenvalue weighted by Crippen LogP contribution is 2.30. The monoisotopic (exact) mass is 351 g/mol. The third kappa shape index (κ3) is 4.36. The van der Waals surface area contributed by atoms with Gasteiger partial charge in [0, 0.05) is 16.8 Å². The Kier molecular flexibility index (Phi) is 5.64. The number of thioether (sulfide) groups is 1. The van der Waals surface area contributed by atoms with Crippen LogP contribution in [0.1, 0.15) is 5.69 Å². The molecule has 0 fully saturated rings. The van der Waals surface area contributed by atoms with Crippen molar-refractivity contribution in [1.29, 1.82) is 0 Å². The van der Waals surface area contributed by atoms with Crippen molar-refractivity contribution in [1.82, 2.24) is 4.98 Å². The molecule has 3 aromatic rings. The van der Waals surface area contributed by atoms with E-state index in [1.54, 1.807) is 49.3 Å². The molecule has 1 heterocycles. The molecule has 6 heteroatoms. The fraction of sp³-hybridized carbons (Fsp3) is 0.105. The number of rotatable bonds is 7. The summed E-state index contributed by atoms with van der Waals surface area (Å²) in [5, 5.41) is 4.49. The maximum Gasteiger partial charge on any atom is 0.119 e. The van der Waals surface area contributed by atoms with Crippen molar-refractivity contribution in [3.63, 3.8) is 0 Å². The van der Waals surface area contributed by atoms with Crippen molar-refractivity contribution in [2.75, 3.05) is 12.1 Å². The van der Waals surface area contributed by atoms with Crippen LogP contribution in [-0.4, -0.2) is 12.1 Å². The first-order chi connectivity index (χ1) is 12.3. The number of methoxy groups -OCH3 is 1. The van der Waals surface area contributed by atoms with Gasteiger partial charge in [0.2, 0.25) is 0 Å². The van der Waals surface area contributed by atoms with Crippen LogP contribution in [0.2, 0.25) is 0 Å². The number of nitrogens with zero attached hydrogens (tertiary/aromatic N) is 3. The maximum absolute atomic E-state index is 11.3. The lowest BCUT2D eigenvalue weighted by molar-refractivity contribution is 0.415. The highest BCUT2D eigenvalue weighted by molar-refractivity contribution is 7.98. The Labute approximate surface area is 150 Å². The lowest BCUT2D eigenvalue weighted by atomic mass is 10.2. The molecule has 25 heavy (non-hydrogen) atoms. The first-order valence-corrected chi connectivity index (χ1v) is 8.69. The lowest BCUT2D eigenvalue weighted by Crippen LogP contribution is -2.07. The largest absolute Gasteiger partial charge is 0.497 e. The van der Waals surface area contributed by atoms with Crippen molar-refractivity contribution in [2.45, 2.75) is 10.6 Å². The standard InChI is InChI=1S/C19H17N3O2S/c1-24-18-9-5-16(6-10-18)22(21-23)17-7-11-19(12-8-17)25-14-15-4-2-3-13-20-15/h2-13H,14H2,1H3. The van der Waals surface area contributed by atoms with Gasteiger partial charge in [-0.25, -0.2) is 0 Å². The minimum Gasteiger partial charge on any atom is -0.497 e. The number of ether oxygens (including phenoxy) is 1. The first kappa shape index (κ1) is 17.0. The van der Waals surface area contributed by atoms with E-state index in [1.807, 2.05) is 42.5 Å². The number of hydrogen-bond donors (Lipinski definition) is 0. The molecular formula is C19H17N3O2S. The quantitative estimate of drug-likeness (QED) is 0.332. The molecule has 0 unspecified atom stereocenters. The van der Waals surface area contributed by atoms with Crippen LogP contribution in [0, 0.1) is 4.91 Å². The summed E-state index contributed by atoms with van der Waals surface area (Å²) in [6.07, 6.45) is 1.79. The first-order valence-electron chi connectivity index (χ1n) is 7.70. The Morgan fingerprint density at radius 1 is 1.00 bits per heavy atom. The molecule has 0 N–H and O–H groups in total. The molecule has 3 rings (SSSR count). The van der Waals surface area contributed by atoms with Gasteiger partial charge in [0.25, 0.3) is 0 Å². The van der Waals surface area contributed by atoms with Gasteiger partial charge in [-0.15, -0.1) is 16.7 Å². The van der Waals surface area contributed by atoms with Crippen LogP contribution in [0.25, 0.3) is 0 Å². The van der Waals surface area contributed by atoms with Gasteiger partial charge < -0.3 is 4.74 Å². The summed E-state index contributed by atoms with van der Waals surface area (Å²) in [5.41, 5.74) is 2.43. The summed E-state index contributed by atoms with van der Waals surface area (Å²) >= 11 is 1.70. The van der Waals surface area contributed by atoms with Crippen LogP contribution in [0.4, 0.5) is 11.4 Å². The van der Waals surface area contributed by atoms with Crippen molar-refractivity contribution >= 4 is 23.1 Å². The van der Waals surface area contributed by atoms with Gasteiger partial charge in [0.1, 0.15) is 5.75 Å². The van der Waals surface area contributed by atoms with E-state index in [0.717, 1.165) is 22.1 Å². The Morgan fingerprint density at radius 3 is 2.24 bits per heavy atom. The number of aromatic nitrogens is 1. The van der Waals surface area contributed by atoms with Crippen LogP contribution in [0.5, 0.6) is 5.75 Å². The molecule has 0 bridgehead atoms. The molecule has 1 aromatic heterocycles. The van der Waals surface area contributed by atoms with Gasteiger partial charge in [-0.2, -0.15) is 5.01 Å². The third-order valence-corrected chi connectivity index (χ3v) is 4.64. The Balaban J connectivity index is 1.70. The van der Waals surface area contributed by atoms with Gasteiger partial charge in [-0.3, -0.25) is 4.98 Å². The zero-order chi connectivity index (χ0) is 17.5. The Hall–Kier alpha value is -2.86. The Morgan fingerprint density at radius 2 is 1.68 bits per heavy atom. The second-order valence-electron chi connectivity index (χ2n) is 5.20. The molecule has 5 nitrogen and oxygen atoms in total. The number of benzene rings is 2. The van der Waals surface area contributed by atoms with E-state index in [-0.39, 0.29) is 0 Å². The van der Waals surface area contributed by atoms with Crippen LogP contribution >= 0.6 is 11.8 Å².